The van der Waals surface area contributed by atoms with Crippen molar-refractivity contribution in [2.45, 2.75) is 6.61 Å². The van der Waals surface area contributed by atoms with E-state index in [1.807, 2.05) is 36.4 Å². The van der Waals surface area contributed by atoms with E-state index >= 15 is 0 Å². The number of hydrogen-bond donors (Lipinski definition) is 1. The molecule has 0 unspecified atom stereocenters. The first-order valence-electron chi connectivity index (χ1n) is 12.7. The Morgan fingerprint density at radius 2 is 1.69 bits per heavy atom. The number of methoxy groups -OCH3 is 4. The number of fused-ring (bicyclic) bond motifs is 2. The van der Waals surface area contributed by atoms with Crippen LogP contribution in [-0.2, 0) is 6.61 Å². The van der Waals surface area contributed by atoms with Gasteiger partial charge in [0, 0.05) is 29.4 Å². The number of carbonyl (C=O) groups excluding carboxylic acids is 1. The molecule has 0 aliphatic heterocycles. The van der Waals surface area contributed by atoms with Gasteiger partial charge in [0.05, 0.1) is 40.0 Å². The van der Waals surface area contributed by atoms with Gasteiger partial charge < -0.3 is 33.4 Å². The zero-order valence-corrected chi connectivity index (χ0v) is 24.0. The predicted molar refractivity (Wildman–Crippen MR) is 157 cm³/mol. The highest BCUT2D eigenvalue weighted by molar-refractivity contribution is 7.18. The molecule has 3 aromatic heterocycles. The number of ether oxygens (including phenoxy) is 5. The normalized spacial score (nSPS) is 11.0. The summed E-state index contributed by atoms with van der Waals surface area (Å²) >= 11 is 1.34. The van der Waals surface area contributed by atoms with Crippen molar-refractivity contribution < 1.29 is 32.9 Å². The fraction of sp³-hybridized carbons (Fsp3) is 0.167. The van der Waals surface area contributed by atoms with E-state index in [4.69, 9.17) is 28.1 Å². The van der Waals surface area contributed by atoms with Gasteiger partial charge in [-0.1, -0.05) is 12.1 Å². The molecular weight excluding hydrogens is 560 g/mol. The summed E-state index contributed by atoms with van der Waals surface area (Å²) in [5, 5.41) is 8.54. The van der Waals surface area contributed by atoms with Gasteiger partial charge in [-0.3, -0.25) is 4.79 Å². The van der Waals surface area contributed by atoms with E-state index in [1.54, 1.807) is 49.2 Å². The van der Waals surface area contributed by atoms with Crippen LogP contribution in [-0.4, -0.2) is 48.9 Å². The van der Waals surface area contributed by atoms with Gasteiger partial charge in [-0.25, -0.2) is 9.50 Å². The Bertz CT molecular complexity index is 1860. The van der Waals surface area contributed by atoms with Crippen LogP contribution in [0.15, 0.2) is 71.3 Å². The average Bonchev–Trinajstić information content (AvgIpc) is 3.73. The fourth-order valence-electron chi connectivity index (χ4n) is 4.37. The molecule has 0 spiro atoms. The van der Waals surface area contributed by atoms with Crippen molar-refractivity contribution in [2.24, 2.45) is 0 Å². The third-order valence-corrected chi connectivity index (χ3v) is 7.34. The third-order valence-electron chi connectivity index (χ3n) is 6.45. The van der Waals surface area contributed by atoms with Crippen molar-refractivity contribution in [1.29, 1.82) is 0 Å². The number of hydrogen-bond acceptors (Lipinski definition) is 10. The second-order valence-corrected chi connectivity index (χ2v) is 10.0. The van der Waals surface area contributed by atoms with Gasteiger partial charge in [-0.05, 0) is 47.2 Å². The summed E-state index contributed by atoms with van der Waals surface area (Å²) in [6.45, 7) is 0.239. The van der Waals surface area contributed by atoms with Crippen LogP contribution in [0.4, 0.5) is 5.69 Å². The first-order valence-corrected chi connectivity index (χ1v) is 13.6. The standard InChI is InChI=1S/C30H26N4O7S/c1-36-20-9-18(10-21(11-20)37-2)28(35)31-19-7-5-6-17(8-19)16-40-25-12-22(38-3)13-26-23(25)14-27(41-26)24-15-34-29(32-24)42-30(33-34)39-4/h5-15H,16H2,1-4H3,(H,31,35). The lowest BCUT2D eigenvalue weighted by Gasteiger charge is -2.12. The summed E-state index contributed by atoms with van der Waals surface area (Å²) in [6, 6.07) is 17.9. The molecule has 6 rings (SSSR count). The molecule has 1 amide bonds. The maximum atomic E-state index is 13.0. The highest BCUT2D eigenvalue weighted by Crippen LogP contribution is 2.37. The second-order valence-electron chi connectivity index (χ2n) is 9.12. The molecule has 3 heterocycles. The monoisotopic (exact) mass is 586 g/mol. The zero-order valence-electron chi connectivity index (χ0n) is 23.2. The molecule has 3 aromatic carbocycles. The summed E-state index contributed by atoms with van der Waals surface area (Å²) < 4.78 is 35.2. The third kappa shape index (κ3) is 5.39. The summed E-state index contributed by atoms with van der Waals surface area (Å²) in [6.07, 6.45) is 1.78. The van der Waals surface area contributed by atoms with E-state index in [2.05, 4.69) is 15.4 Å². The lowest BCUT2D eigenvalue weighted by molar-refractivity contribution is 0.102. The van der Waals surface area contributed by atoms with Gasteiger partial charge in [0.25, 0.3) is 11.1 Å². The summed E-state index contributed by atoms with van der Waals surface area (Å²) in [4.78, 5) is 18.3. The van der Waals surface area contributed by atoms with Gasteiger partial charge in [0.15, 0.2) is 5.76 Å². The highest BCUT2D eigenvalue weighted by atomic mass is 32.1. The van der Waals surface area contributed by atoms with Gasteiger partial charge in [0.1, 0.15) is 40.9 Å². The number of furan rings is 1. The van der Waals surface area contributed by atoms with Crippen LogP contribution in [0.25, 0.3) is 27.4 Å². The molecule has 0 atom stereocenters. The first-order chi connectivity index (χ1) is 20.5. The van der Waals surface area contributed by atoms with Crippen LogP contribution in [0.3, 0.4) is 0 Å². The summed E-state index contributed by atoms with van der Waals surface area (Å²) in [5.74, 6) is 2.50. The quantitative estimate of drug-likeness (QED) is 0.204. The molecule has 1 N–H and O–H groups in total. The number of benzene rings is 3. The molecule has 12 heteroatoms. The minimum absolute atomic E-state index is 0.239. The van der Waals surface area contributed by atoms with E-state index in [9.17, 15) is 4.79 Å². The Kier molecular flexibility index (Phi) is 7.28. The molecule has 214 valence electrons. The fourth-order valence-corrected chi connectivity index (χ4v) is 5.07. The molecule has 42 heavy (non-hydrogen) atoms. The molecular formula is C30H26N4O7S. The number of nitrogens with zero attached hydrogens (tertiary/aromatic N) is 3. The van der Waals surface area contributed by atoms with Crippen LogP contribution in [0.1, 0.15) is 15.9 Å². The van der Waals surface area contributed by atoms with E-state index in [0.29, 0.717) is 61.4 Å². The average molecular weight is 587 g/mol. The second kappa shape index (κ2) is 11.3. The predicted octanol–water partition coefficient (Wildman–Crippen LogP) is 6.07. The van der Waals surface area contributed by atoms with Crippen molar-refractivity contribution in [1.82, 2.24) is 14.6 Å². The van der Waals surface area contributed by atoms with Crippen molar-refractivity contribution >= 4 is 38.9 Å². The van der Waals surface area contributed by atoms with Crippen molar-refractivity contribution in [3.8, 4) is 39.6 Å². The molecule has 11 nitrogen and oxygen atoms in total. The van der Waals surface area contributed by atoms with E-state index in [-0.39, 0.29) is 12.5 Å². The number of rotatable bonds is 10. The van der Waals surface area contributed by atoms with Gasteiger partial charge in [-0.2, -0.15) is 0 Å². The first kappa shape index (κ1) is 27.0. The number of imidazole rings is 1. The van der Waals surface area contributed by atoms with Crippen LogP contribution in [0, 0.1) is 0 Å². The maximum absolute atomic E-state index is 13.0. The molecule has 0 aliphatic rings. The Morgan fingerprint density at radius 3 is 2.40 bits per heavy atom. The molecule has 0 fully saturated rings. The number of anilines is 1. The molecule has 0 radical (unpaired) electrons. The Morgan fingerprint density at radius 1 is 0.929 bits per heavy atom. The van der Waals surface area contributed by atoms with Crippen LogP contribution >= 0.6 is 11.3 Å². The number of nitrogens with one attached hydrogen (secondary N) is 1. The van der Waals surface area contributed by atoms with Crippen LogP contribution in [0.5, 0.6) is 28.2 Å². The SMILES string of the molecule is COc1cc(OC)cc(C(=O)Nc2cccc(COc3cc(OC)cc4oc(-c5cn6nc(OC)sc6n5)cc34)c2)c1. The van der Waals surface area contributed by atoms with Crippen molar-refractivity contribution in [2.75, 3.05) is 33.8 Å². The molecule has 0 bridgehead atoms. The van der Waals surface area contributed by atoms with Gasteiger partial charge in [-0.15, -0.1) is 5.10 Å². The minimum Gasteiger partial charge on any atom is -0.497 e. The number of aromatic nitrogens is 3. The van der Waals surface area contributed by atoms with Crippen molar-refractivity contribution in [3.63, 3.8) is 0 Å². The largest absolute Gasteiger partial charge is 0.497 e. The maximum Gasteiger partial charge on any atom is 0.294 e. The molecule has 0 saturated heterocycles. The van der Waals surface area contributed by atoms with Gasteiger partial charge >= 0.3 is 0 Å². The highest BCUT2D eigenvalue weighted by Gasteiger charge is 2.17. The van der Waals surface area contributed by atoms with E-state index in [1.165, 1.54) is 25.6 Å². The minimum atomic E-state index is -0.293. The van der Waals surface area contributed by atoms with Crippen LogP contribution < -0.4 is 29.0 Å². The van der Waals surface area contributed by atoms with Gasteiger partial charge in [0.2, 0.25) is 4.96 Å². The zero-order chi connectivity index (χ0) is 29.2. The number of amides is 1. The Labute approximate surface area is 244 Å². The number of carbonyl (C=O) groups is 1. The molecule has 0 aliphatic carbocycles. The van der Waals surface area contributed by atoms with E-state index < -0.39 is 0 Å². The lowest BCUT2D eigenvalue weighted by Crippen LogP contribution is -2.12. The topological polar surface area (TPSA) is 119 Å². The van der Waals surface area contributed by atoms with Crippen molar-refractivity contribution in [3.05, 3.63) is 78.0 Å². The van der Waals surface area contributed by atoms with E-state index in [0.717, 1.165) is 10.9 Å². The Hall–Kier alpha value is -5.23. The molecule has 0 saturated carbocycles. The molecule has 6 aromatic rings. The van der Waals surface area contributed by atoms with Crippen LogP contribution in [0.2, 0.25) is 0 Å². The lowest BCUT2D eigenvalue weighted by atomic mass is 10.1. The Balaban J connectivity index is 1.22. The summed E-state index contributed by atoms with van der Waals surface area (Å²) in [5.41, 5.74) is 3.11. The summed E-state index contributed by atoms with van der Waals surface area (Å²) in [7, 11) is 6.23. The smallest absolute Gasteiger partial charge is 0.294 e.